The zero-order valence-corrected chi connectivity index (χ0v) is 7.90. The van der Waals surface area contributed by atoms with E-state index in [-0.39, 0.29) is 11.3 Å². The molecule has 1 rings (SSSR count). The molecule has 0 atom stereocenters. The lowest BCUT2D eigenvalue weighted by molar-refractivity contribution is 0.0598. The molecule has 0 aliphatic heterocycles. The maximum Gasteiger partial charge on any atom is 0.341 e. The van der Waals surface area contributed by atoms with Crippen molar-refractivity contribution >= 4 is 5.97 Å². The van der Waals surface area contributed by atoms with E-state index in [1.54, 1.807) is 25.1 Å². The third kappa shape index (κ3) is 1.83. The van der Waals surface area contributed by atoms with Gasteiger partial charge in [-0.15, -0.1) is 5.26 Å². The number of para-hydroxylation sites is 1. The van der Waals surface area contributed by atoms with E-state index in [1.165, 1.54) is 13.4 Å². The molecule has 0 radical (unpaired) electrons. The lowest BCUT2D eigenvalue weighted by atomic mass is 10.1. The summed E-state index contributed by atoms with van der Waals surface area (Å²) in [7, 11) is 1.28. The molecular weight excluding hydrogens is 182 g/mol. The Morgan fingerprint density at radius 1 is 1.50 bits per heavy atom. The molecule has 0 aromatic heterocycles. The number of nitriles is 1. The van der Waals surface area contributed by atoms with Gasteiger partial charge in [0, 0.05) is 0 Å². The van der Waals surface area contributed by atoms with Gasteiger partial charge in [-0.2, -0.15) is 0 Å². The SMILES string of the molecule is COC(=O)c1cccc(C)c1OC#N. The van der Waals surface area contributed by atoms with Crippen LogP contribution in [0.25, 0.3) is 0 Å². The summed E-state index contributed by atoms with van der Waals surface area (Å²) in [5.74, 6) is -0.263. The van der Waals surface area contributed by atoms with Crippen LogP contribution in [0.5, 0.6) is 5.75 Å². The summed E-state index contributed by atoms with van der Waals surface area (Å²) in [6.07, 6.45) is 1.54. The lowest BCUT2D eigenvalue weighted by Gasteiger charge is -2.06. The molecule has 0 saturated carbocycles. The van der Waals surface area contributed by atoms with Crippen LogP contribution in [0.2, 0.25) is 0 Å². The van der Waals surface area contributed by atoms with Crippen molar-refractivity contribution in [2.75, 3.05) is 7.11 Å². The van der Waals surface area contributed by atoms with Crippen LogP contribution in [0.3, 0.4) is 0 Å². The summed E-state index contributed by atoms with van der Waals surface area (Å²) in [6, 6.07) is 5.00. The average molecular weight is 191 g/mol. The van der Waals surface area contributed by atoms with Crippen molar-refractivity contribution in [1.29, 1.82) is 5.26 Å². The highest BCUT2D eigenvalue weighted by Gasteiger charge is 2.14. The molecule has 0 saturated heterocycles. The normalized spacial score (nSPS) is 8.93. The van der Waals surface area contributed by atoms with Crippen LogP contribution < -0.4 is 4.74 Å². The number of ether oxygens (including phenoxy) is 2. The number of nitrogens with zero attached hydrogens (tertiary/aromatic N) is 1. The number of aryl methyl sites for hydroxylation is 1. The first-order chi connectivity index (χ1) is 6.70. The largest absolute Gasteiger partial charge is 0.465 e. The van der Waals surface area contributed by atoms with Crippen LogP contribution >= 0.6 is 0 Å². The van der Waals surface area contributed by atoms with E-state index < -0.39 is 5.97 Å². The number of hydrogen-bond acceptors (Lipinski definition) is 4. The molecule has 0 unspecified atom stereocenters. The van der Waals surface area contributed by atoms with Gasteiger partial charge < -0.3 is 9.47 Å². The molecule has 0 heterocycles. The average Bonchev–Trinajstić information content (AvgIpc) is 2.20. The van der Waals surface area contributed by atoms with Gasteiger partial charge in [-0.3, -0.25) is 0 Å². The Bertz CT molecular complexity index is 393. The number of esters is 1. The number of rotatable bonds is 2. The van der Waals surface area contributed by atoms with Crippen molar-refractivity contribution in [2.45, 2.75) is 6.92 Å². The lowest BCUT2D eigenvalue weighted by Crippen LogP contribution is -2.04. The van der Waals surface area contributed by atoms with Gasteiger partial charge in [0.05, 0.1) is 7.11 Å². The van der Waals surface area contributed by atoms with Crippen LogP contribution in [0, 0.1) is 18.4 Å². The van der Waals surface area contributed by atoms with Crippen molar-refractivity contribution < 1.29 is 14.3 Å². The molecule has 4 heteroatoms. The van der Waals surface area contributed by atoms with E-state index in [1.807, 2.05) is 0 Å². The Hall–Kier alpha value is -2.02. The number of hydrogen-bond donors (Lipinski definition) is 0. The van der Waals surface area contributed by atoms with Gasteiger partial charge in [0.25, 0.3) is 6.26 Å². The van der Waals surface area contributed by atoms with E-state index in [2.05, 4.69) is 4.74 Å². The number of carbonyl (C=O) groups is 1. The molecule has 1 aromatic rings. The summed E-state index contributed by atoms with van der Waals surface area (Å²) in [5.41, 5.74) is 0.975. The van der Waals surface area contributed by atoms with Crippen molar-refractivity contribution in [1.82, 2.24) is 0 Å². The Morgan fingerprint density at radius 2 is 2.21 bits per heavy atom. The number of carbonyl (C=O) groups excluding carboxylic acids is 1. The molecule has 14 heavy (non-hydrogen) atoms. The van der Waals surface area contributed by atoms with Crippen molar-refractivity contribution in [3.8, 4) is 12.0 Å². The third-order valence-corrected chi connectivity index (χ3v) is 1.76. The Balaban J connectivity index is 3.22. The fourth-order valence-corrected chi connectivity index (χ4v) is 1.10. The fraction of sp³-hybridized carbons (Fsp3) is 0.200. The predicted molar refractivity (Wildman–Crippen MR) is 48.8 cm³/mol. The summed E-state index contributed by atoms with van der Waals surface area (Å²) in [5, 5.41) is 8.40. The monoisotopic (exact) mass is 191 g/mol. The molecule has 4 nitrogen and oxygen atoms in total. The first kappa shape index (κ1) is 10.1. The fourth-order valence-electron chi connectivity index (χ4n) is 1.10. The van der Waals surface area contributed by atoms with E-state index in [9.17, 15) is 4.79 Å². The minimum Gasteiger partial charge on any atom is -0.465 e. The molecular formula is C10H9NO3. The van der Waals surface area contributed by atoms with Crippen LogP contribution in [0.15, 0.2) is 18.2 Å². The van der Waals surface area contributed by atoms with Gasteiger partial charge in [0.1, 0.15) is 5.56 Å². The van der Waals surface area contributed by atoms with Gasteiger partial charge in [-0.25, -0.2) is 4.79 Å². The second-order valence-electron chi connectivity index (χ2n) is 2.64. The summed E-state index contributed by atoms with van der Waals surface area (Å²) < 4.78 is 9.25. The van der Waals surface area contributed by atoms with Crippen molar-refractivity contribution in [2.24, 2.45) is 0 Å². The van der Waals surface area contributed by atoms with Crippen LogP contribution in [-0.2, 0) is 4.74 Å². The Morgan fingerprint density at radius 3 is 2.79 bits per heavy atom. The van der Waals surface area contributed by atoms with E-state index in [0.717, 1.165) is 5.56 Å². The molecule has 72 valence electrons. The summed E-state index contributed by atoms with van der Waals surface area (Å²) >= 11 is 0. The highest BCUT2D eigenvalue weighted by Crippen LogP contribution is 2.23. The van der Waals surface area contributed by atoms with Crippen LogP contribution in [0.1, 0.15) is 15.9 Å². The van der Waals surface area contributed by atoms with Crippen LogP contribution in [-0.4, -0.2) is 13.1 Å². The van der Waals surface area contributed by atoms with E-state index >= 15 is 0 Å². The minimum absolute atomic E-state index is 0.252. The highest BCUT2D eigenvalue weighted by molar-refractivity contribution is 5.93. The molecule has 1 aromatic carbocycles. The van der Waals surface area contributed by atoms with Crippen LogP contribution in [0.4, 0.5) is 0 Å². The maximum atomic E-state index is 11.2. The van der Waals surface area contributed by atoms with Crippen molar-refractivity contribution in [3.05, 3.63) is 29.3 Å². The summed E-state index contributed by atoms with van der Waals surface area (Å²) in [4.78, 5) is 11.2. The van der Waals surface area contributed by atoms with Gasteiger partial charge in [-0.1, -0.05) is 12.1 Å². The first-order valence-electron chi connectivity index (χ1n) is 3.94. The standard InChI is InChI=1S/C10H9NO3/c1-7-4-3-5-8(10(12)13-2)9(7)14-6-11/h3-5H,1-2H3. The predicted octanol–water partition coefficient (Wildman–Crippen LogP) is 1.64. The maximum absolute atomic E-state index is 11.2. The second kappa shape index (κ2) is 4.28. The molecule has 0 bridgehead atoms. The van der Waals surface area contributed by atoms with Gasteiger partial charge in [0.15, 0.2) is 5.75 Å². The van der Waals surface area contributed by atoms with E-state index in [4.69, 9.17) is 10.00 Å². The number of benzene rings is 1. The topological polar surface area (TPSA) is 59.3 Å². The van der Waals surface area contributed by atoms with Gasteiger partial charge >= 0.3 is 5.97 Å². The molecule has 0 N–H and O–H groups in total. The number of methoxy groups -OCH3 is 1. The minimum atomic E-state index is -0.515. The Kier molecular flexibility index (Phi) is 3.08. The Labute approximate surface area is 81.7 Å². The smallest absolute Gasteiger partial charge is 0.341 e. The zero-order valence-electron chi connectivity index (χ0n) is 7.90. The van der Waals surface area contributed by atoms with Gasteiger partial charge in [0.2, 0.25) is 0 Å². The third-order valence-electron chi connectivity index (χ3n) is 1.76. The van der Waals surface area contributed by atoms with Crippen molar-refractivity contribution in [3.63, 3.8) is 0 Å². The molecule has 0 amide bonds. The second-order valence-corrected chi connectivity index (χ2v) is 2.64. The molecule has 0 fully saturated rings. The van der Waals surface area contributed by atoms with E-state index in [0.29, 0.717) is 0 Å². The quantitative estimate of drug-likeness (QED) is 0.526. The van der Waals surface area contributed by atoms with Gasteiger partial charge in [-0.05, 0) is 18.6 Å². The summed E-state index contributed by atoms with van der Waals surface area (Å²) in [6.45, 7) is 1.75. The molecule has 0 aliphatic carbocycles. The first-order valence-corrected chi connectivity index (χ1v) is 3.94. The zero-order chi connectivity index (χ0) is 10.6. The highest BCUT2D eigenvalue weighted by atomic mass is 16.5. The molecule has 0 spiro atoms. The molecule has 0 aliphatic rings.